The third-order valence-electron chi connectivity index (χ3n) is 5.56. The highest BCUT2D eigenvalue weighted by molar-refractivity contribution is 9.10. The first kappa shape index (κ1) is 17.4. The van der Waals surface area contributed by atoms with Crippen molar-refractivity contribution in [3.8, 4) is 0 Å². The largest absolute Gasteiger partial charge is 0.380 e. The van der Waals surface area contributed by atoms with Gasteiger partial charge in [-0.05, 0) is 39.6 Å². The van der Waals surface area contributed by atoms with Crippen molar-refractivity contribution < 1.29 is 9.90 Å². The molecule has 2 nitrogen and oxygen atoms in total. The molecule has 0 radical (unpaired) electrons. The highest BCUT2D eigenvalue weighted by atomic mass is 79.9. The summed E-state index contributed by atoms with van der Waals surface area (Å²) in [6, 6.07) is 27.2. The van der Waals surface area contributed by atoms with Gasteiger partial charge < -0.3 is 5.11 Å². The van der Waals surface area contributed by atoms with E-state index in [-0.39, 0.29) is 5.78 Å². The second-order valence-corrected chi connectivity index (χ2v) is 8.20. The van der Waals surface area contributed by atoms with Crippen LogP contribution < -0.4 is 0 Å². The van der Waals surface area contributed by atoms with E-state index in [0.29, 0.717) is 28.7 Å². The lowest BCUT2D eigenvalue weighted by Crippen LogP contribution is -2.37. The lowest BCUT2D eigenvalue weighted by Gasteiger charge is -2.36. The zero-order chi connectivity index (χ0) is 19.3. The van der Waals surface area contributed by atoms with E-state index in [0.717, 1.165) is 20.8 Å². The van der Waals surface area contributed by atoms with Gasteiger partial charge in [-0.25, -0.2) is 0 Å². The van der Waals surface area contributed by atoms with E-state index < -0.39 is 5.60 Å². The monoisotopic (exact) mass is 428 g/mol. The molecule has 0 aromatic heterocycles. The Labute approximate surface area is 171 Å². The molecule has 0 aliphatic heterocycles. The Bertz CT molecular complexity index is 1190. The molecule has 0 saturated heterocycles. The van der Waals surface area contributed by atoms with Gasteiger partial charge in [0.05, 0.1) is 0 Å². The molecule has 28 heavy (non-hydrogen) atoms. The lowest BCUT2D eigenvalue weighted by atomic mass is 9.71. The Morgan fingerprint density at radius 3 is 2.00 bits per heavy atom. The number of benzene rings is 4. The number of hydrogen-bond donors (Lipinski definition) is 1. The van der Waals surface area contributed by atoms with Crippen LogP contribution >= 0.6 is 15.9 Å². The third kappa shape index (κ3) is 2.62. The summed E-state index contributed by atoms with van der Waals surface area (Å²) in [6.45, 7) is 0. The Morgan fingerprint density at radius 1 is 0.750 bits per heavy atom. The van der Waals surface area contributed by atoms with Crippen molar-refractivity contribution in [3.63, 3.8) is 0 Å². The molecule has 4 aromatic carbocycles. The number of hydrogen-bond acceptors (Lipinski definition) is 2. The van der Waals surface area contributed by atoms with Crippen molar-refractivity contribution in [2.75, 3.05) is 0 Å². The maximum Gasteiger partial charge on any atom is 0.193 e. The molecule has 136 valence electrons. The van der Waals surface area contributed by atoms with Gasteiger partial charge in [-0.2, -0.15) is 0 Å². The predicted octanol–water partition coefficient (Wildman–Crippen LogP) is 5.63. The summed E-state index contributed by atoms with van der Waals surface area (Å²) >= 11 is 3.51. The van der Waals surface area contributed by atoms with Crippen molar-refractivity contribution >= 4 is 32.5 Å². The Balaban J connectivity index is 1.68. The molecule has 0 saturated carbocycles. The van der Waals surface area contributed by atoms with Crippen molar-refractivity contribution in [2.45, 2.75) is 12.0 Å². The van der Waals surface area contributed by atoms with Crippen LogP contribution in [0, 0.1) is 0 Å². The number of fused-ring (bicyclic) bond motifs is 3. The molecule has 1 aliphatic rings. The summed E-state index contributed by atoms with van der Waals surface area (Å²) in [4.78, 5) is 12.9. The number of ketones is 1. The number of carbonyl (C=O) groups is 1. The van der Waals surface area contributed by atoms with E-state index in [2.05, 4.69) is 40.2 Å². The molecule has 0 heterocycles. The number of carbonyl (C=O) groups excluding carboxylic acids is 1. The van der Waals surface area contributed by atoms with Crippen LogP contribution in [0.2, 0.25) is 0 Å². The molecular formula is C25H17BrO2. The van der Waals surface area contributed by atoms with Crippen molar-refractivity contribution in [1.29, 1.82) is 0 Å². The quantitative estimate of drug-likeness (QED) is 0.449. The standard InChI is InChI=1S/C25H17BrO2/c26-19-12-11-17-13-16(9-10-18(17)14-19)15-25(28)22-7-3-1-5-20(22)24(27)21-6-2-4-8-23(21)25/h1-14,28H,15H2. The van der Waals surface area contributed by atoms with Crippen LogP contribution in [0.5, 0.6) is 0 Å². The van der Waals surface area contributed by atoms with Crippen molar-refractivity contribution in [1.82, 2.24) is 0 Å². The van der Waals surface area contributed by atoms with Crippen LogP contribution in [0.4, 0.5) is 0 Å². The second kappa shape index (κ2) is 6.40. The van der Waals surface area contributed by atoms with Crippen LogP contribution in [0.25, 0.3) is 10.8 Å². The van der Waals surface area contributed by atoms with E-state index in [1.807, 2.05) is 48.5 Å². The fourth-order valence-electron chi connectivity index (χ4n) is 4.24. The Hall–Kier alpha value is -2.75. The molecule has 1 N–H and O–H groups in total. The molecule has 3 heteroatoms. The van der Waals surface area contributed by atoms with Gasteiger partial charge in [-0.3, -0.25) is 4.79 Å². The number of rotatable bonds is 2. The molecule has 0 amide bonds. The summed E-state index contributed by atoms with van der Waals surface area (Å²) in [5.41, 5.74) is 2.28. The van der Waals surface area contributed by atoms with E-state index >= 15 is 0 Å². The minimum Gasteiger partial charge on any atom is -0.380 e. The van der Waals surface area contributed by atoms with Crippen LogP contribution in [0.3, 0.4) is 0 Å². The molecule has 0 bridgehead atoms. The maximum absolute atomic E-state index is 12.9. The average Bonchev–Trinajstić information content (AvgIpc) is 2.72. The Morgan fingerprint density at radius 2 is 1.32 bits per heavy atom. The van der Waals surface area contributed by atoms with Crippen LogP contribution in [-0.2, 0) is 12.0 Å². The maximum atomic E-state index is 12.9. The van der Waals surface area contributed by atoms with Gasteiger partial charge in [-0.15, -0.1) is 0 Å². The molecule has 0 fully saturated rings. The second-order valence-electron chi connectivity index (χ2n) is 7.28. The Kier molecular flexibility index (Phi) is 3.97. The van der Waals surface area contributed by atoms with Gasteiger partial charge in [0.25, 0.3) is 0 Å². The van der Waals surface area contributed by atoms with Gasteiger partial charge in [0.1, 0.15) is 5.60 Å². The fraction of sp³-hybridized carbons (Fsp3) is 0.0800. The summed E-state index contributed by atoms with van der Waals surface area (Å²) in [7, 11) is 0. The highest BCUT2D eigenvalue weighted by Crippen LogP contribution is 2.42. The first-order valence-corrected chi connectivity index (χ1v) is 10.00. The number of halogens is 1. The molecule has 1 aliphatic carbocycles. The lowest BCUT2D eigenvalue weighted by molar-refractivity contribution is 0.0721. The van der Waals surface area contributed by atoms with Crippen LogP contribution in [0.1, 0.15) is 32.6 Å². The topological polar surface area (TPSA) is 37.3 Å². The minimum atomic E-state index is -1.25. The molecule has 4 aromatic rings. The van der Waals surface area contributed by atoms with Gasteiger partial charge in [-0.1, -0.05) is 88.7 Å². The van der Waals surface area contributed by atoms with Gasteiger partial charge in [0.15, 0.2) is 5.78 Å². The van der Waals surface area contributed by atoms with Crippen LogP contribution in [-0.4, -0.2) is 10.9 Å². The van der Waals surface area contributed by atoms with E-state index in [4.69, 9.17) is 0 Å². The highest BCUT2D eigenvalue weighted by Gasteiger charge is 2.41. The summed E-state index contributed by atoms with van der Waals surface area (Å²) < 4.78 is 1.04. The molecule has 0 spiro atoms. The minimum absolute atomic E-state index is 0.0285. The molecule has 0 atom stereocenters. The van der Waals surface area contributed by atoms with E-state index in [9.17, 15) is 9.90 Å². The van der Waals surface area contributed by atoms with Gasteiger partial charge >= 0.3 is 0 Å². The summed E-state index contributed by atoms with van der Waals surface area (Å²) in [6.07, 6.45) is 0.403. The summed E-state index contributed by atoms with van der Waals surface area (Å²) in [5, 5.41) is 14.2. The zero-order valence-electron chi connectivity index (χ0n) is 15.0. The fourth-order valence-corrected chi connectivity index (χ4v) is 4.61. The van der Waals surface area contributed by atoms with E-state index in [1.165, 1.54) is 0 Å². The smallest absolute Gasteiger partial charge is 0.193 e. The zero-order valence-corrected chi connectivity index (χ0v) is 16.6. The van der Waals surface area contributed by atoms with Crippen molar-refractivity contribution in [2.24, 2.45) is 0 Å². The SMILES string of the molecule is O=C1c2ccccc2C(O)(Cc2ccc3cc(Br)ccc3c2)c2ccccc21. The van der Waals surface area contributed by atoms with Gasteiger partial charge in [0.2, 0.25) is 0 Å². The molecular weight excluding hydrogens is 412 g/mol. The first-order chi connectivity index (χ1) is 13.6. The van der Waals surface area contributed by atoms with E-state index in [1.54, 1.807) is 12.1 Å². The van der Waals surface area contributed by atoms with Crippen molar-refractivity contribution in [3.05, 3.63) is 117 Å². The first-order valence-electron chi connectivity index (χ1n) is 9.20. The van der Waals surface area contributed by atoms with Crippen LogP contribution in [0.15, 0.2) is 89.4 Å². The third-order valence-corrected chi connectivity index (χ3v) is 6.05. The molecule has 0 unspecified atom stereocenters. The van der Waals surface area contributed by atoms with Gasteiger partial charge in [0, 0.05) is 22.0 Å². The normalized spacial score (nSPS) is 14.6. The number of aliphatic hydroxyl groups is 1. The summed E-state index contributed by atoms with van der Waals surface area (Å²) in [5.74, 6) is -0.0285. The average molecular weight is 429 g/mol. The molecule has 5 rings (SSSR count). The predicted molar refractivity (Wildman–Crippen MR) is 115 cm³/mol.